The highest BCUT2D eigenvalue weighted by Crippen LogP contribution is 1.82. The van der Waals surface area contributed by atoms with Gasteiger partial charge in [0.25, 0.3) is 0 Å². The number of carboxylic acid groups (broad SMARTS) is 1. The Hall–Kier alpha value is -0.590. The number of hydrogen-bond donors (Lipinski definition) is 3. The maximum absolute atomic E-state index is 10.7. The lowest BCUT2D eigenvalue weighted by atomic mass is 10.3. The van der Waals surface area contributed by atoms with Gasteiger partial charge in [-0.3, -0.25) is 5.06 Å². The van der Waals surface area contributed by atoms with Crippen LogP contribution in [0.2, 0.25) is 0 Å². The predicted octanol–water partition coefficient (Wildman–Crippen LogP) is -1.70. The van der Waals surface area contributed by atoms with Crippen molar-refractivity contribution >= 4 is 24.5 Å². The monoisotopic (exact) mass is 179 g/mol. The second-order valence-electron chi connectivity index (χ2n) is 1.99. The summed E-state index contributed by atoms with van der Waals surface area (Å²) in [5, 5.41) is 18.2. The number of carbonyl (C=O) groups is 2. The van der Waals surface area contributed by atoms with Crippen LogP contribution in [-0.2, 0) is 9.59 Å². The fourth-order valence-electron chi connectivity index (χ4n) is 0.519. The van der Waals surface area contributed by atoms with Crippen LogP contribution in [-0.4, -0.2) is 28.8 Å². The van der Waals surface area contributed by atoms with Crippen molar-refractivity contribution in [2.45, 2.75) is 13.0 Å². The Kier molecular flexibility index (Phi) is 4.09. The highest BCUT2D eigenvalue weighted by atomic mass is 32.1. The Balaban J connectivity index is 4.25. The second kappa shape index (κ2) is 4.32. The summed E-state index contributed by atoms with van der Waals surface area (Å²) in [7, 11) is 0. The van der Waals surface area contributed by atoms with Crippen molar-refractivity contribution in [3.63, 3.8) is 0 Å². The minimum Gasteiger partial charge on any atom is -0.626 e. The van der Waals surface area contributed by atoms with Crippen molar-refractivity contribution in [2.75, 3.05) is 5.75 Å². The van der Waals surface area contributed by atoms with Crippen LogP contribution < -0.4 is 5.06 Å². The Labute approximate surface area is 69.0 Å². The number of carboxylic acids is 1. The average molecular weight is 179 g/mol. The number of rotatable bonds is 3. The molecule has 0 rings (SSSR count). The highest BCUT2D eigenvalue weighted by Gasteiger charge is 2.25. The SMILES string of the molecule is CC(=O)[NH+]([O-])[C@@H](CS)C(=O)O. The smallest absolute Gasteiger partial charge is 0.364 e. The topological polar surface area (TPSA) is 81.9 Å². The third-order valence-corrected chi connectivity index (χ3v) is 1.51. The third-order valence-electron chi connectivity index (χ3n) is 1.14. The van der Waals surface area contributed by atoms with E-state index in [1.54, 1.807) is 0 Å². The number of hydrogen-bond acceptors (Lipinski definition) is 4. The van der Waals surface area contributed by atoms with Crippen LogP contribution in [0.25, 0.3) is 0 Å². The lowest BCUT2D eigenvalue weighted by Crippen LogP contribution is -3.15. The molecule has 0 aliphatic carbocycles. The molecule has 0 heterocycles. The Bertz CT molecular complexity index is 172. The molecule has 6 heteroatoms. The molecule has 0 aromatic heterocycles. The van der Waals surface area contributed by atoms with Crippen molar-refractivity contribution in [1.29, 1.82) is 0 Å². The van der Waals surface area contributed by atoms with Crippen LogP contribution in [0.5, 0.6) is 0 Å². The Morgan fingerprint density at radius 2 is 2.18 bits per heavy atom. The van der Waals surface area contributed by atoms with E-state index in [1.807, 2.05) is 0 Å². The number of amides is 1. The van der Waals surface area contributed by atoms with Gasteiger partial charge in [0, 0.05) is 0 Å². The number of nitrogens with one attached hydrogen (secondary N) is 1. The van der Waals surface area contributed by atoms with E-state index in [2.05, 4.69) is 12.6 Å². The molecule has 1 amide bonds. The van der Waals surface area contributed by atoms with Crippen molar-refractivity contribution in [2.24, 2.45) is 0 Å². The van der Waals surface area contributed by atoms with Crippen molar-refractivity contribution < 1.29 is 19.8 Å². The van der Waals surface area contributed by atoms with Crippen molar-refractivity contribution in [3.8, 4) is 0 Å². The van der Waals surface area contributed by atoms with Gasteiger partial charge in [-0.15, -0.1) is 0 Å². The first-order valence-corrected chi connectivity index (χ1v) is 3.52. The number of aliphatic carboxylic acids is 1. The summed E-state index contributed by atoms with van der Waals surface area (Å²) >= 11 is 3.64. The molecule has 0 aromatic rings. The fraction of sp³-hybridized carbons (Fsp3) is 0.600. The van der Waals surface area contributed by atoms with Gasteiger partial charge < -0.3 is 10.3 Å². The van der Waals surface area contributed by atoms with Gasteiger partial charge in [-0.1, -0.05) is 0 Å². The zero-order chi connectivity index (χ0) is 9.02. The van der Waals surface area contributed by atoms with E-state index >= 15 is 0 Å². The van der Waals surface area contributed by atoms with Gasteiger partial charge in [-0.25, -0.2) is 9.59 Å². The molecule has 0 aromatic carbocycles. The molecule has 0 fully saturated rings. The molecule has 0 saturated carbocycles. The summed E-state index contributed by atoms with van der Waals surface area (Å²) in [5.74, 6) is -2.19. The molecule has 5 nitrogen and oxygen atoms in total. The van der Waals surface area contributed by atoms with Crippen molar-refractivity contribution in [3.05, 3.63) is 5.21 Å². The summed E-state index contributed by atoms with van der Waals surface area (Å²) < 4.78 is 0. The molecule has 2 atom stereocenters. The maximum atomic E-state index is 10.7. The van der Waals surface area contributed by atoms with Crippen molar-refractivity contribution in [1.82, 2.24) is 0 Å². The fourth-order valence-corrected chi connectivity index (χ4v) is 0.841. The lowest BCUT2D eigenvalue weighted by Gasteiger charge is -2.23. The summed E-state index contributed by atoms with van der Waals surface area (Å²) in [5.41, 5.74) is 0. The van der Waals surface area contributed by atoms with Crippen LogP contribution in [0.3, 0.4) is 0 Å². The number of carbonyl (C=O) groups excluding carboxylic acids is 1. The molecule has 11 heavy (non-hydrogen) atoms. The number of hydroxylamine groups is 2. The third kappa shape index (κ3) is 2.87. The van der Waals surface area contributed by atoms with Gasteiger partial charge in [-0.05, 0) is 0 Å². The van der Waals surface area contributed by atoms with Gasteiger partial charge in [-0.2, -0.15) is 12.6 Å². The van der Waals surface area contributed by atoms with E-state index in [1.165, 1.54) is 0 Å². The molecule has 0 aliphatic rings. The van der Waals surface area contributed by atoms with Crippen LogP contribution in [0, 0.1) is 5.21 Å². The largest absolute Gasteiger partial charge is 0.626 e. The standard InChI is InChI=1S/C5H9NO4S/c1-3(7)6(10)4(2-11)5(8)9/h4,6,11H,2H2,1H3,(H,8,9)/t4-/m0/s1. The molecule has 0 spiro atoms. The molecule has 0 saturated heterocycles. The maximum Gasteiger partial charge on any atom is 0.364 e. The van der Waals surface area contributed by atoms with E-state index in [4.69, 9.17) is 5.11 Å². The van der Waals surface area contributed by atoms with Crippen LogP contribution >= 0.6 is 12.6 Å². The summed E-state index contributed by atoms with van der Waals surface area (Å²) in [6.07, 6.45) is 0. The van der Waals surface area contributed by atoms with Crippen LogP contribution in [0.1, 0.15) is 6.92 Å². The van der Waals surface area contributed by atoms with Crippen LogP contribution in [0.15, 0.2) is 0 Å². The highest BCUT2D eigenvalue weighted by molar-refractivity contribution is 7.80. The minimum absolute atomic E-state index is 0.145. The van der Waals surface area contributed by atoms with E-state index < -0.39 is 23.0 Å². The minimum atomic E-state index is -1.31. The van der Waals surface area contributed by atoms with E-state index in [0.717, 1.165) is 6.92 Å². The molecule has 2 N–H and O–H groups in total. The summed E-state index contributed by atoms with van der Waals surface area (Å²) in [4.78, 5) is 20.7. The molecular formula is C5H9NO4S. The number of thiol groups is 1. The zero-order valence-electron chi connectivity index (χ0n) is 5.90. The van der Waals surface area contributed by atoms with Gasteiger partial charge in [0.05, 0.1) is 12.7 Å². The van der Waals surface area contributed by atoms with Gasteiger partial charge >= 0.3 is 11.9 Å². The molecule has 64 valence electrons. The van der Waals surface area contributed by atoms with E-state index in [-0.39, 0.29) is 5.75 Å². The molecule has 1 unspecified atom stereocenters. The van der Waals surface area contributed by atoms with E-state index in [9.17, 15) is 14.8 Å². The molecular weight excluding hydrogens is 170 g/mol. The molecule has 0 bridgehead atoms. The molecule has 0 aliphatic heterocycles. The predicted molar refractivity (Wildman–Crippen MR) is 40.3 cm³/mol. The quantitative estimate of drug-likeness (QED) is 0.356. The summed E-state index contributed by atoms with van der Waals surface area (Å²) in [6, 6.07) is -1.30. The normalized spacial score (nSPS) is 15.5. The Morgan fingerprint density at radius 3 is 2.27 bits per heavy atom. The van der Waals surface area contributed by atoms with Gasteiger partial charge in [0.15, 0.2) is 0 Å². The summed E-state index contributed by atoms with van der Waals surface area (Å²) in [6.45, 7) is 1.04. The van der Waals surface area contributed by atoms with E-state index in [0.29, 0.717) is 0 Å². The second-order valence-corrected chi connectivity index (χ2v) is 2.36. The molecule has 0 radical (unpaired) electrons. The Morgan fingerprint density at radius 1 is 1.73 bits per heavy atom. The first kappa shape index (κ1) is 10.4. The zero-order valence-corrected chi connectivity index (χ0v) is 6.80. The lowest BCUT2D eigenvalue weighted by molar-refractivity contribution is -0.780. The average Bonchev–Trinajstić information content (AvgIpc) is 1.88. The first-order chi connectivity index (χ1) is 5.00. The number of quaternary nitrogens is 1. The van der Waals surface area contributed by atoms with Gasteiger partial charge in [0.2, 0.25) is 6.04 Å². The van der Waals surface area contributed by atoms with Gasteiger partial charge in [0.1, 0.15) is 0 Å². The first-order valence-electron chi connectivity index (χ1n) is 2.89. The van der Waals surface area contributed by atoms with Crippen LogP contribution in [0.4, 0.5) is 0 Å².